The summed E-state index contributed by atoms with van der Waals surface area (Å²) in [6.45, 7) is 0. The highest BCUT2D eigenvalue weighted by atomic mass is 79.9. The van der Waals surface area contributed by atoms with Crippen molar-refractivity contribution in [1.82, 2.24) is 0 Å². The molecule has 2 rings (SSSR count). The van der Waals surface area contributed by atoms with Gasteiger partial charge in [-0.2, -0.15) is 0 Å². The van der Waals surface area contributed by atoms with E-state index < -0.39 is 0 Å². The average molecular weight is 265 g/mol. The highest BCUT2D eigenvalue weighted by Crippen LogP contribution is 2.24. The van der Waals surface area contributed by atoms with Crippen LogP contribution in [-0.4, -0.2) is 0 Å². The number of benzene rings is 2. The monoisotopic (exact) mass is 264 g/mol. The van der Waals surface area contributed by atoms with Gasteiger partial charge >= 0.3 is 0 Å². The molecule has 0 nitrogen and oxygen atoms in total. The van der Waals surface area contributed by atoms with Crippen LogP contribution in [-0.2, 0) is 5.33 Å². The van der Waals surface area contributed by atoms with E-state index >= 15 is 0 Å². The van der Waals surface area contributed by atoms with Gasteiger partial charge in [0.05, 0.1) is 0 Å². The Balaban J connectivity index is 2.52. The van der Waals surface area contributed by atoms with Crippen LogP contribution in [0.3, 0.4) is 0 Å². The third-order valence-corrected chi connectivity index (χ3v) is 2.92. The summed E-state index contributed by atoms with van der Waals surface area (Å²) in [6, 6.07) is 14.8. The molecule has 0 N–H and O–H groups in total. The van der Waals surface area contributed by atoms with Crippen molar-refractivity contribution in [1.29, 1.82) is 0 Å². The van der Waals surface area contributed by atoms with E-state index in [0.717, 1.165) is 16.5 Å². The lowest BCUT2D eigenvalue weighted by atomic mass is 10.0. The first kappa shape index (κ1) is 10.4. The van der Waals surface area contributed by atoms with E-state index in [1.807, 2.05) is 36.4 Å². The molecule has 0 spiro atoms. The second-order valence-corrected chi connectivity index (χ2v) is 3.87. The van der Waals surface area contributed by atoms with Crippen LogP contribution in [0.5, 0.6) is 0 Å². The van der Waals surface area contributed by atoms with Gasteiger partial charge in [-0.05, 0) is 23.3 Å². The smallest absolute Gasteiger partial charge is 0.131 e. The van der Waals surface area contributed by atoms with Crippen LogP contribution in [0.15, 0.2) is 48.5 Å². The van der Waals surface area contributed by atoms with Gasteiger partial charge in [0, 0.05) is 10.9 Å². The molecule has 0 atom stereocenters. The van der Waals surface area contributed by atoms with E-state index in [-0.39, 0.29) is 5.82 Å². The lowest BCUT2D eigenvalue weighted by Crippen LogP contribution is -1.86. The molecule has 0 radical (unpaired) electrons. The predicted molar refractivity (Wildman–Crippen MR) is 64.5 cm³/mol. The Morgan fingerprint density at radius 3 is 2.40 bits per heavy atom. The largest absolute Gasteiger partial charge is 0.206 e. The molecule has 0 unspecified atom stereocenters. The molecule has 2 heteroatoms. The summed E-state index contributed by atoms with van der Waals surface area (Å²) in [6.07, 6.45) is 0. The van der Waals surface area contributed by atoms with Crippen molar-refractivity contribution in [2.45, 2.75) is 5.33 Å². The summed E-state index contributed by atoms with van der Waals surface area (Å²) in [7, 11) is 0. The number of rotatable bonds is 2. The van der Waals surface area contributed by atoms with Crippen molar-refractivity contribution in [3.8, 4) is 11.1 Å². The highest BCUT2D eigenvalue weighted by Gasteiger charge is 2.04. The van der Waals surface area contributed by atoms with Crippen molar-refractivity contribution >= 4 is 15.9 Å². The van der Waals surface area contributed by atoms with E-state index in [4.69, 9.17) is 0 Å². The molecule has 0 bridgehead atoms. The summed E-state index contributed by atoms with van der Waals surface area (Å²) >= 11 is 3.37. The number of alkyl halides is 1. The van der Waals surface area contributed by atoms with E-state index in [9.17, 15) is 4.39 Å². The third-order valence-electron chi connectivity index (χ3n) is 2.27. The van der Waals surface area contributed by atoms with Crippen LogP contribution in [0.25, 0.3) is 11.1 Å². The maximum absolute atomic E-state index is 13.6. The Morgan fingerprint density at radius 1 is 1.00 bits per heavy atom. The summed E-state index contributed by atoms with van der Waals surface area (Å²) in [5, 5.41) is 0.743. The molecule has 0 aliphatic heterocycles. The minimum Gasteiger partial charge on any atom is -0.206 e. The molecule has 0 fully saturated rings. The first-order chi connectivity index (χ1) is 7.31. The maximum Gasteiger partial charge on any atom is 0.131 e. The quantitative estimate of drug-likeness (QED) is 0.706. The zero-order chi connectivity index (χ0) is 10.7. The van der Waals surface area contributed by atoms with Gasteiger partial charge in [0.2, 0.25) is 0 Å². The van der Waals surface area contributed by atoms with Crippen LogP contribution in [0, 0.1) is 5.82 Å². The van der Waals surface area contributed by atoms with Gasteiger partial charge in [-0.3, -0.25) is 0 Å². The molecule has 0 saturated carbocycles. The van der Waals surface area contributed by atoms with Crippen LogP contribution in [0.2, 0.25) is 0 Å². The molecular formula is C13H10BrF. The second-order valence-electron chi connectivity index (χ2n) is 3.31. The SMILES string of the molecule is Fc1ccc(CBr)cc1-c1ccccc1. The fourth-order valence-corrected chi connectivity index (χ4v) is 1.84. The van der Waals surface area contributed by atoms with Gasteiger partial charge in [0.25, 0.3) is 0 Å². The average Bonchev–Trinajstić information content (AvgIpc) is 2.31. The standard InChI is InChI=1S/C13H10BrF/c14-9-10-6-7-13(15)12(8-10)11-4-2-1-3-5-11/h1-8H,9H2. The molecule has 0 aliphatic carbocycles. The predicted octanol–water partition coefficient (Wildman–Crippen LogP) is 4.39. The molecule has 0 aromatic heterocycles. The lowest BCUT2D eigenvalue weighted by molar-refractivity contribution is 0.631. The molecule has 0 saturated heterocycles. The molecule has 76 valence electrons. The van der Waals surface area contributed by atoms with Crippen molar-refractivity contribution in [2.24, 2.45) is 0 Å². The van der Waals surface area contributed by atoms with Crippen LogP contribution in [0.4, 0.5) is 4.39 Å². The molecule has 0 heterocycles. The normalized spacial score (nSPS) is 10.3. The summed E-state index contributed by atoms with van der Waals surface area (Å²) in [5.74, 6) is -0.175. The van der Waals surface area contributed by atoms with E-state index in [1.165, 1.54) is 6.07 Å². The Hall–Kier alpha value is -1.15. The Morgan fingerprint density at radius 2 is 1.73 bits per heavy atom. The molecule has 15 heavy (non-hydrogen) atoms. The van der Waals surface area contributed by atoms with Crippen LogP contribution in [0.1, 0.15) is 5.56 Å². The third kappa shape index (κ3) is 2.26. The van der Waals surface area contributed by atoms with Crippen molar-refractivity contribution < 1.29 is 4.39 Å². The minimum absolute atomic E-state index is 0.175. The van der Waals surface area contributed by atoms with Gasteiger partial charge in [0.1, 0.15) is 5.82 Å². The molecule has 0 amide bonds. The van der Waals surface area contributed by atoms with Crippen molar-refractivity contribution in [3.05, 3.63) is 59.9 Å². The fourth-order valence-electron chi connectivity index (χ4n) is 1.49. The van der Waals surface area contributed by atoms with E-state index in [2.05, 4.69) is 15.9 Å². The van der Waals surface area contributed by atoms with Gasteiger partial charge in [-0.15, -0.1) is 0 Å². The van der Waals surface area contributed by atoms with Crippen molar-refractivity contribution in [3.63, 3.8) is 0 Å². The van der Waals surface area contributed by atoms with Gasteiger partial charge in [0.15, 0.2) is 0 Å². The molecule has 2 aromatic carbocycles. The van der Waals surface area contributed by atoms with Crippen LogP contribution >= 0.6 is 15.9 Å². The first-order valence-corrected chi connectivity index (χ1v) is 5.83. The fraction of sp³-hybridized carbons (Fsp3) is 0.0769. The Labute approximate surface area is 96.9 Å². The number of halogens is 2. The minimum atomic E-state index is -0.175. The van der Waals surface area contributed by atoms with Gasteiger partial charge in [-0.25, -0.2) is 4.39 Å². The summed E-state index contributed by atoms with van der Waals surface area (Å²) in [4.78, 5) is 0. The highest BCUT2D eigenvalue weighted by molar-refractivity contribution is 9.08. The number of hydrogen-bond donors (Lipinski definition) is 0. The molecular weight excluding hydrogens is 255 g/mol. The first-order valence-electron chi connectivity index (χ1n) is 4.71. The molecule has 2 aromatic rings. The zero-order valence-electron chi connectivity index (χ0n) is 8.08. The second kappa shape index (κ2) is 4.58. The summed E-state index contributed by atoms with van der Waals surface area (Å²) < 4.78 is 13.6. The topological polar surface area (TPSA) is 0 Å². The number of hydrogen-bond acceptors (Lipinski definition) is 0. The Bertz CT molecular complexity index is 451. The van der Waals surface area contributed by atoms with E-state index in [1.54, 1.807) is 6.07 Å². The lowest BCUT2D eigenvalue weighted by Gasteiger charge is -2.05. The Kier molecular flexibility index (Phi) is 3.17. The van der Waals surface area contributed by atoms with Crippen molar-refractivity contribution in [2.75, 3.05) is 0 Å². The maximum atomic E-state index is 13.6. The van der Waals surface area contributed by atoms with Gasteiger partial charge in [-0.1, -0.05) is 52.3 Å². The zero-order valence-corrected chi connectivity index (χ0v) is 9.67. The summed E-state index contributed by atoms with van der Waals surface area (Å²) in [5.41, 5.74) is 2.65. The van der Waals surface area contributed by atoms with Crippen LogP contribution < -0.4 is 0 Å². The van der Waals surface area contributed by atoms with Gasteiger partial charge < -0.3 is 0 Å². The molecule has 0 aliphatic rings. The van der Waals surface area contributed by atoms with E-state index in [0.29, 0.717) is 5.56 Å².